The standard InChI is InChI=1S/C25H31N5O2S2/c1-3-29(4-2)22-13-11-20(12-14-22)18-26-28-25-27-24(19-33-25)21-9-8-10-23(17-21)34(31,32)30-15-6-5-7-16-30/h8-14,17-19H,3-7,15-16H2,1-2H3,(H,27,28)/b26-18+. The average molecular weight is 498 g/mol. The maximum atomic E-state index is 13.0. The third kappa shape index (κ3) is 5.65. The number of hydrogen-bond donors (Lipinski definition) is 1. The molecule has 34 heavy (non-hydrogen) atoms. The van der Waals surface area contributed by atoms with E-state index in [1.165, 1.54) is 17.0 Å². The normalized spacial score (nSPS) is 15.0. The number of sulfonamides is 1. The molecule has 180 valence electrons. The zero-order chi connectivity index (χ0) is 24.0. The van der Waals surface area contributed by atoms with Crippen molar-refractivity contribution in [2.45, 2.75) is 38.0 Å². The Morgan fingerprint density at radius 3 is 2.53 bits per heavy atom. The van der Waals surface area contributed by atoms with Crippen LogP contribution in [0.25, 0.3) is 11.3 Å². The van der Waals surface area contributed by atoms with Crippen molar-refractivity contribution in [3.8, 4) is 11.3 Å². The zero-order valence-electron chi connectivity index (χ0n) is 19.6. The molecule has 7 nitrogen and oxygen atoms in total. The minimum atomic E-state index is -3.48. The van der Waals surface area contributed by atoms with Crippen molar-refractivity contribution in [3.05, 3.63) is 59.5 Å². The summed E-state index contributed by atoms with van der Waals surface area (Å²) < 4.78 is 27.6. The summed E-state index contributed by atoms with van der Waals surface area (Å²) in [7, 11) is -3.48. The van der Waals surface area contributed by atoms with E-state index in [0.29, 0.717) is 23.1 Å². The summed E-state index contributed by atoms with van der Waals surface area (Å²) in [5.74, 6) is 0. The molecule has 1 fully saturated rings. The number of anilines is 2. The lowest BCUT2D eigenvalue weighted by Gasteiger charge is -2.26. The average Bonchev–Trinajstić information content (AvgIpc) is 3.35. The van der Waals surface area contributed by atoms with Gasteiger partial charge in [0.05, 0.1) is 16.8 Å². The van der Waals surface area contributed by atoms with Crippen LogP contribution < -0.4 is 10.3 Å². The van der Waals surface area contributed by atoms with E-state index in [2.05, 4.69) is 46.4 Å². The summed E-state index contributed by atoms with van der Waals surface area (Å²) in [4.78, 5) is 7.20. The molecule has 0 unspecified atom stereocenters. The molecule has 0 saturated carbocycles. The van der Waals surface area contributed by atoms with E-state index < -0.39 is 10.0 Å². The van der Waals surface area contributed by atoms with Gasteiger partial charge in [0.1, 0.15) is 0 Å². The number of rotatable bonds is 9. The number of nitrogens with one attached hydrogen (secondary N) is 1. The second-order valence-electron chi connectivity index (χ2n) is 8.16. The minimum Gasteiger partial charge on any atom is -0.372 e. The largest absolute Gasteiger partial charge is 0.372 e. The van der Waals surface area contributed by atoms with Gasteiger partial charge in [-0.2, -0.15) is 9.41 Å². The maximum Gasteiger partial charge on any atom is 0.243 e. The zero-order valence-corrected chi connectivity index (χ0v) is 21.3. The van der Waals surface area contributed by atoms with Gasteiger partial charge in [-0.1, -0.05) is 30.7 Å². The second-order valence-corrected chi connectivity index (χ2v) is 11.0. The Balaban J connectivity index is 1.42. The molecule has 2 aromatic carbocycles. The highest BCUT2D eigenvalue weighted by molar-refractivity contribution is 7.89. The van der Waals surface area contributed by atoms with Gasteiger partial charge >= 0.3 is 0 Å². The Morgan fingerprint density at radius 1 is 1.09 bits per heavy atom. The monoisotopic (exact) mass is 497 g/mol. The summed E-state index contributed by atoms with van der Waals surface area (Å²) in [5, 5.41) is 6.86. The van der Waals surface area contributed by atoms with Gasteiger partial charge < -0.3 is 4.90 Å². The van der Waals surface area contributed by atoms with Crippen LogP contribution in [0.3, 0.4) is 0 Å². The highest BCUT2D eigenvalue weighted by Crippen LogP contribution is 2.28. The lowest BCUT2D eigenvalue weighted by Crippen LogP contribution is -2.35. The molecule has 9 heteroatoms. The predicted octanol–water partition coefficient (Wildman–Crippen LogP) is 5.28. The number of hydrogen-bond acceptors (Lipinski definition) is 7. The van der Waals surface area contributed by atoms with Gasteiger partial charge in [-0.3, -0.25) is 5.43 Å². The van der Waals surface area contributed by atoms with Gasteiger partial charge in [0.25, 0.3) is 0 Å². The molecule has 2 heterocycles. The van der Waals surface area contributed by atoms with Crippen LogP contribution in [0.1, 0.15) is 38.7 Å². The molecule has 0 spiro atoms. The Kier molecular flexibility index (Phi) is 7.97. The van der Waals surface area contributed by atoms with Crippen LogP contribution >= 0.6 is 11.3 Å². The van der Waals surface area contributed by atoms with Crippen LogP contribution in [0.5, 0.6) is 0 Å². The van der Waals surface area contributed by atoms with Crippen LogP contribution in [0.15, 0.2) is 63.9 Å². The van der Waals surface area contributed by atoms with E-state index in [1.807, 2.05) is 23.6 Å². The fourth-order valence-corrected chi connectivity index (χ4v) is 6.28. The van der Waals surface area contributed by atoms with E-state index in [9.17, 15) is 8.42 Å². The topological polar surface area (TPSA) is 77.9 Å². The van der Waals surface area contributed by atoms with Crippen molar-refractivity contribution >= 4 is 38.4 Å². The third-order valence-electron chi connectivity index (χ3n) is 5.98. The van der Waals surface area contributed by atoms with E-state index in [-0.39, 0.29) is 0 Å². The molecule has 1 aliphatic rings. The number of nitrogens with zero attached hydrogens (tertiary/aromatic N) is 4. The first kappa shape index (κ1) is 24.4. The number of aromatic nitrogens is 1. The van der Waals surface area contributed by atoms with Crippen LogP contribution in [0, 0.1) is 0 Å². The van der Waals surface area contributed by atoms with E-state index in [4.69, 9.17) is 0 Å². The quantitative estimate of drug-likeness (QED) is 0.322. The fourth-order valence-electron chi connectivity index (χ4n) is 4.05. The first-order valence-electron chi connectivity index (χ1n) is 11.7. The Labute approximate surface area is 206 Å². The van der Waals surface area contributed by atoms with Gasteiger partial charge in [0.2, 0.25) is 15.2 Å². The summed E-state index contributed by atoms with van der Waals surface area (Å²) in [6.07, 6.45) is 4.69. The first-order chi connectivity index (χ1) is 16.5. The number of piperidine rings is 1. The van der Waals surface area contributed by atoms with Crippen molar-refractivity contribution in [3.63, 3.8) is 0 Å². The van der Waals surface area contributed by atoms with Crippen molar-refractivity contribution < 1.29 is 8.42 Å². The summed E-state index contributed by atoms with van der Waals surface area (Å²) in [6.45, 7) is 7.43. The summed E-state index contributed by atoms with van der Waals surface area (Å²) >= 11 is 1.43. The van der Waals surface area contributed by atoms with Gasteiger partial charge in [-0.15, -0.1) is 11.3 Å². The summed E-state index contributed by atoms with van der Waals surface area (Å²) in [5.41, 5.74) is 6.67. The lowest BCUT2D eigenvalue weighted by atomic mass is 10.2. The molecule has 1 N–H and O–H groups in total. The SMILES string of the molecule is CCN(CC)c1ccc(/C=N/Nc2nc(-c3cccc(S(=O)(=O)N4CCCCC4)c3)cs2)cc1. The van der Waals surface area contributed by atoms with Crippen LogP contribution in [-0.2, 0) is 10.0 Å². The number of thiazole rings is 1. The summed E-state index contributed by atoms with van der Waals surface area (Å²) in [6, 6.07) is 15.3. The van der Waals surface area contributed by atoms with Crippen molar-refractivity contribution in [1.82, 2.24) is 9.29 Å². The van der Waals surface area contributed by atoms with Crippen molar-refractivity contribution in [2.75, 3.05) is 36.5 Å². The van der Waals surface area contributed by atoms with Crippen LogP contribution in [0.4, 0.5) is 10.8 Å². The van der Waals surface area contributed by atoms with Gasteiger partial charge in [0.15, 0.2) is 0 Å². The molecular formula is C25H31N5O2S2. The molecular weight excluding hydrogens is 466 g/mol. The molecule has 3 aromatic rings. The predicted molar refractivity (Wildman–Crippen MR) is 141 cm³/mol. The third-order valence-corrected chi connectivity index (χ3v) is 8.62. The molecule has 0 aliphatic carbocycles. The molecule has 0 atom stereocenters. The minimum absolute atomic E-state index is 0.320. The Bertz CT molecular complexity index is 1210. The molecule has 1 aliphatic heterocycles. The molecule has 1 aromatic heterocycles. The molecule has 0 radical (unpaired) electrons. The molecule has 4 rings (SSSR count). The van der Waals surface area contributed by atoms with E-state index in [1.54, 1.807) is 28.7 Å². The number of benzene rings is 2. The van der Waals surface area contributed by atoms with Gasteiger partial charge in [0, 0.05) is 42.8 Å². The molecule has 0 bridgehead atoms. The van der Waals surface area contributed by atoms with Crippen molar-refractivity contribution in [2.24, 2.45) is 5.10 Å². The fraction of sp³-hybridized carbons (Fsp3) is 0.360. The Hall–Kier alpha value is -2.75. The first-order valence-corrected chi connectivity index (χ1v) is 14.0. The van der Waals surface area contributed by atoms with Gasteiger partial charge in [-0.05, 0) is 56.5 Å². The van der Waals surface area contributed by atoms with E-state index >= 15 is 0 Å². The maximum absolute atomic E-state index is 13.0. The highest BCUT2D eigenvalue weighted by atomic mass is 32.2. The van der Waals surface area contributed by atoms with Crippen LogP contribution in [-0.4, -0.2) is 50.1 Å². The second kappa shape index (κ2) is 11.1. The van der Waals surface area contributed by atoms with Crippen molar-refractivity contribution in [1.29, 1.82) is 0 Å². The smallest absolute Gasteiger partial charge is 0.243 e. The Morgan fingerprint density at radius 2 is 1.82 bits per heavy atom. The molecule has 1 saturated heterocycles. The van der Waals surface area contributed by atoms with Crippen LogP contribution in [0.2, 0.25) is 0 Å². The van der Waals surface area contributed by atoms with E-state index in [0.717, 1.165) is 49.2 Å². The number of hydrazone groups is 1. The highest BCUT2D eigenvalue weighted by Gasteiger charge is 2.26. The lowest BCUT2D eigenvalue weighted by molar-refractivity contribution is 0.346. The van der Waals surface area contributed by atoms with Gasteiger partial charge in [-0.25, -0.2) is 13.4 Å². The molecule has 0 amide bonds.